The van der Waals surface area contributed by atoms with Gasteiger partial charge in [-0.3, -0.25) is 14.4 Å². The SMILES string of the molecule is C=CCN(C(=O)[C@H]1[C@H]2C(=O)N([C@@H](CO)Cc3ccccc3)C(C(=O)N(CC=C)C(C)C)C23CC(Br)[C@@H]1S3)c1ccccc1. The van der Waals surface area contributed by atoms with Gasteiger partial charge in [-0.05, 0) is 44.4 Å². The molecule has 3 heterocycles. The molecule has 9 heteroatoms. The van der Waals surface area contributed by atoms with E-state index in [1.807, 2.05) is 74.5 Å². The quantitative estimate of drug-likeness (QED) is 0.263. The Hall–Kier alpha value is -2.88. The highest BCUT2D eigenvalue weighted by atomic mass is 79.9. The number of aliphatic hydroxyl groups is 1. The summed E-state index contributed by atoms with van der Waals surface area (Å²) in [4.78, 5) is 49.0. The van der Waals surface area contributed by atoms with Gasteiger partial charge < -0.3 is 19.8 Å². The maximum absolute atomic E-state index is 14.8. The first-order valence-corrected chi connectivity index (χ1v) is 16.7. The van der Waals surface area contributed by atoms with Crippen LogP contribution >= 0.6 is 27.7 Å². The maximum atomic E-state index is 14.8. The molecule has 43 heavy (non-hydrogen) atoms. The Bertz CT molecular complexity index is 1360. The fourth-order valence-corrected chi connectivity index (χ4v) is 10.8. The normalized spacial score (nSPS) is 28.1. The first kappa shape index (κ1) is 31.5. The van der Waals surface area contributed by atoms with Crippen LogP contribution in [0.25, 0.3) is 0 Å². The first-order chi connectivity index (χ1) is 20.7. The summed E-state index contributed by atoms with van der Waals surface area (Å²) in [6.45, 7) is 12.0. The molecular weight excluding hydrogens is 626 g/mol. The van der Waals surface area contributed by atoms with Gasteiger partial charge in [-0.15, -0.1) is 24.9 Å². The number of benzene rings is 2. The number of aliphatic hydroxyl groups excluding tert-OH is 1. The summed E-state index contributed by atoms with van der Waals surface area (Å²) in [5.41, 5.74) is 1.70. The number of likely N-dealkylation sites (tertiary alicyclic amines) is 1. The molecule has 3 aliphatic heterocycles. The molecule has 3 aliphatic rings. The number of anilines is 1. The van der Waals surface area contributed by atoms with Crippen LogP contribution < -0.4 is 4.90 Å². The van der Waals surface area contributed by atoms with Gasteiger partial charge in [0.1, 0.15) is 6.04 Å². The number of halogens is 1. The molecule has 0 saturated carbocycles. The zero-order valence-electron chi connectivity index (χ0n) is 24.7. The topological polar surface area (TPSA) is 81.2 Å². The smallest absolute Gasteiger partial charge is 0.247 e. The summed E-state index contributed by atoms with van der Waals surface area (Å²) >= 11 is 5.48. The predicted molar refractivity (Wildman–Crippen MR) is 176 cm³/mol. The molecule has 2 aromatic rings. The van der Waals surface area contributed by atoms with E-state index in [4.69, 9.17) is 0 Å². The Morgan fingerprint density at radius 3 is 2.28 bits per heavy atom. The average molecular weight is 667 g/mol. The molecule has 228 valence electrons. The van der Waals surface area contributed by atoms with Crippen LogP contribution in [0.5, 0.6) is 0 Å². The van der Waals surface area contributed by atoms with E-state index in [1.54, 1.807) is 38.6 Å². The van der Waals surface area contributed by atoms with E-state index < -0.39 is 28.7 Å². The third kappa shape index (κ3) is 5.49. The van der Waals surface area contributed by atoms with Gasteiger partial charge in [-0.2, -0.15) is 0 Å². The minimum Gasteiger partial charge on any atom is -0.394 e. The van der Waals surface area contributed by atoms with Gasteiger partial charge in [0.25, 0.3) is 0 Å². The van der Waals surface area contributed by atoms with Crippen molar-refractivity contribution in [2.45, 2.75) is 59.6 Å². The number of thioether (sulfide) groups is 1. The van der Waals surface area contributed by atoms with Crippen molar-refractivity contribution in [1.82, 2.24) is 9.80 Å². The second kappa shape index (κ2) is 13.0. The van der Waals surface area contributed by atoms with Crippen LogP contribution in [0, 0.1) is 11.8 Å². The number of carbonyl (C=O) groups is 3. The van der Waals surface area contributed by atoms with Crippen LogP contribution in [0.4, 0.5) is 5.69 Å². The third-order valence-corrected chi connectivity index (χ3v) is 12.3. The van der Waals surface area contributed by atoms with Crippen molar-refractivity contribution >= 4 is 51.1 Å². The van der Waals surface area contributed by atoms with E-state index in [0.717, 1.165) is 11.3 Å². The van der Waals surface area contributed by atoms with Gasteiger partial charge in [0, 0.05) is 34.9 Å². The lowest BCUT2D eigenvalue weighted by molar-refractivity contribution is -0.146. The highest BCUT2D eigenvalue weighted by Gasteiger charge is 2.76. The van der Waals surface area contributed by atoms with Crippen molar-refractivity contribution in [3.63, 3.8) is 0 Å². The molecule has 3 saturated heterocycles. The van der Waals surface area contributed by atoms with Crippen molar-refractivity contribution in [2.75, 3.05) is 24.6 Å². The summed E-state index contributed by atoms with van der Waals surface area (Å²) in [5, 5.41) is 10.6. The van der Waals surface area contributed by atoms with E-state index in [1.165, 1.54) is 0 Å². The Kier molecular flexibility index (Phi) is 9.54. The Morgan fingerprint density at radius 1 is 1.07 bits per heavy atom. The summed E-state index contributed by atoms with van der Waals surface area (Å²) in [6.07, 6.45) is 4.37. The van der Waals surface area contributed by atoms with Crippen molar-refractivity contribution in [1.29, 1.82) is 0 Å². The number of nitrogens with zero attached hydrogens (tertiary/aromatic N) is 3. The van der Waals surface area contributed by atoms with Crippen LogP contribution in [-0.2, 0) is 20.8 Å². The molecule has 1 N–H and O–H groups in total. The fourth-order valence-electron chi connectivity index (χ4n) is 7.25. The molecule has 3 fully saturated rings. The number of para-hydroxylation sites is 1. The van der Waals surface area contributed by atoms with Crippen molar-refractivity contribution in [3.8, 4) is 0 Å². The lowest BCUT2D eigenvalue weighted by Crippen LogP contribution is -2.59. The molecule has 7 atom stereocenters. The second-order valence-corrected chi connectivity index (χ2v) is 14.6. The van der Waals surface area contributed by atoms with Crippen molar-refractivity contribution in [3.05, 3.63) is 91.5 Å². The zero-order valence-corrected chi connectivity index (χ0v) is 27.1. The van der Waals surface area contributed by atoms with E-state index >= 15 is 0 Å². The number of hydrogen-bond acceptors (Lipinski definition) is 5. The molecule has 2 bridgehead atoms. The minimum atomic E-state index is -0.828. The Morgan fingerprint density at radius 2 is 1.70 bits per heavy atom. The van der Waals surface area contributed by atoms with E-state index in [2.05, 4.69) is 29.1 Å². The second-order valence-electron chi connectivity index (χ2n) is 11.9. The number of carbonyl (C=O) groups excluding carboxylic acids is 3. The number of hydrogen-bond donors (Lipinski definition) is 1. The van der Waals surface area contributed by atoms with Crippen LogP contribution in [-0.4, -0.2) is 85.3 Å². The molecule has 3 amide bonds. The van der Waals surface area contributed by atoms with Gasteiger partial charge in [-0.1, -0.05) is 76.6 Å². The summed E-state index contributed by atoms with van der Waals surface area (Å²) < 4.78 is -0.817. The van der Waals surface area contributed by atoms with Gasteiger partial charge in [0.05, 0.1) is 29.2 Å². The number of rotatable bonds is 12. The predicted octanol–water partition coefficient (Wildman–Crippen LogP) is 4.70. The summed E-state index contributed by atoms with van der Waals surface area (Å²) in [7, 11) is 0. The molecule has 1 spiro atoms. The molecular formula is C34H40BrN3O4S. The van der Waals surface area contributed by atoms with E-state index in [0.29, 0.717) is 25.9 Å². The summed E-state index contributed by atoms with van der Waals surface area (Å²) in [6, 6.07) is 17.6. The van der Waals surface area contributed by atoms with Crippen LogP contribution in [0.15, 0.2) is 86.0 Å². The van der Waals surface area contributed by atoms with Gasteiger partial charge in [0.15, 0.2) is 0 Å². The molecule has 0 aromatic heterocycles. The molecule has 0 aliphatic carbocycles. The minimum absolute atomic E-state index is 0.0549. The van der Waals surface area contributed by atoms with Gasteiger partial charge >= 0.3 is 0 Å². The maximum Gasteiger partial charge on any atom is 0.247 e. The monoisotopic (exact) mass is 665 g/mol. The Balaban J connectivity index is 1.62. The molecule has 0 radical (unpaired) electrons. The largest absolute Gasteiger partial charge is 0.394 e. The lowest BCUT2D eigenvalue weighted by atomic mass is 9.70. The number of fused-ring (bicyclic) bond motifs is 1. The lowest BCUT2D eigenvalue weighted by Gasteiger charge is -2.41. The molecule has 5 rings (SSSR count). The van der Waals surface area contributed by atoms with Crippen LogP contribution in [0.2, 0.25) is 0 Å². The van der Waals surface area contributed by atoms with Crippen molar-refractivity contribution in [2.24, 2.45) is 11.8 Å². The molecule has 3 unspecified atom stereocenters. The van der Waals surface area contributed by atoms with Crippen LogP contribution in [0.3, 0.4) is 0 Å². The number of alkyl halides is 1. The highest BCUT2D eigenvalue weighted by Crippen LogP contribution is 2.68. The molecule has 2 aromatic carbocycles. The Labute approximate surface area is 267 Å². The fraction of sp³-hybridized carbons (Fsp3) is 0.441. The van der Waals surface area contributed by atoms with E-state index in [-0.39, 0.29) is 40.4 Å². The van der Waals surface area contributed by atoms with Crippen molar-refractivity contribution < 1.29 is 19.5 Å². The first-order valence-electron chi connectivity index (χ1n) is 14.9. The van der Waals surface area contributed by atoms with Gasteiger partial charge in [-0.25, -0.2) is 0 Å². The third-order valence-electron chi connectivity index (χ3n) is 9.04. The number of amides is 3. The summed E-state index contributed by atoms with van der Waals surface area (Å²) in [5.74, 6) is -1.87. The zero-order chi connectivity index (χ0) is 30.9. The van der Waals surface area contributed by atoms with Crippen LogP contribution in [0.1, 0.15) is 25.8 Å². The highest BCUT2D eigenvalue weighted by molar-refractivity contribution is 9.09. The molecule has 7 nitrogen and oxygen atoms in total. The standard InChI is InChI=1S/C34H40BrN3O4S/c1-5-17-36(22(3)4)33(42)30-34-20-26(35)29(43-34)27(31(40)37(18-6-2)24-15-11-8-12-16-24)28(34)32(41)38(30)25(21-39)19-23-13-9-7-10-14-23/h5-16,22,25-30,39H,1-2,17-21H2,3-4H3/t25-,26?,27+,28+,29+,30?,34?/m1/s1. The van der Waals surface area contributed by atoms with E-state index in [9.17, 15) is 19.5 Å². The van der Waals surface area contributed by atoms with Gasteiger partial charge in [0.2, 0.25) is 17.7 Å². The average Bonchev–Trinajstić information content (AvgIpc) is 3.60.